The van der Waals surface area contributed by atoms with Gasteiger partial charge in [0.15, 0.2) is 0 Å². The predicted molar refractivity (Wildman–Crippen MR) is 68.9 cm³/mol. The maximum absolute atomic E-state index is 12.2. The summed E-state index contributed by atoms with van der Waals surface area (Å²) in [5.41, 5.74) is -0.125. The molecule has 5 heteroatoms. The van der Waals surface area contributed by atoms with E-state index < -0.39 is 11.4 Å². The monoisotopic (exact) mass is 265 g/mol. The first-order chi connectivity index (χ1) is 8.98. The van der Waals surface area contributed by atoms with Gasteiger partial charge in [0, 0.05) is 13.1 Å². The van der Waals surface area contributed by atoms with Crippen molar-refractivity contribution in [3.63, 3.8) is 0 Å². The number of carboxylic acids is 1. The van der Waals surface area contributed by atoms with Crippen LogP contribution >= 0.6 is 0 Å². The zero-order chi connectivity index (χ0) is 14.0. The average Bonchev–Trinajstić information content (AvgIpc) is 2.84. The van der Waals surface area contributed by atoms with Crippen molar-refractivity contribution in [2.75, 3.05) is 13.1 Å². The van der Waals surface area contributed by atoms with Crippen molar-refractivity contribution in [3.05, 3.63) is 23.7 Å². The van der Waals surface area contributed by atoms with E-state index in [0.29, 0.717) is 43.7 Å². The number of aryl methyl sites for hydroxylation is 1. The van der Waals surface area contributed by atoms with Crippen LogP contribution in [-0.2, 0) is 4.79 Å². The Morgan fingerprint density at radius 3 is 2.47 bits per heavy atom. The van der Waals surface area contributed by atoms with Crippen LogP contribution in [-0.4, -0.2) is 35.0 Å². The first-order valence-corrected chi connectivity index (χ1v) is 6.56. The molecule has 0 radical (unpaired) electrons. The summed E-state index contributed by atoms with van der Waals surface area (Å²) in [5, 5.41) is 9.32. The van der Waals surface area contributed by atoms with Gasteiger partial charge in [-0.05, 0) is 32.3 Å². The van der Waals surface area contributed by atoms with E-state index in [1.807, 2.05) is 6.92 Å². The van der Waals surface area contributed by atoms with E-state index in [1.54, 1.807) is 17.9 Å². The largest absolute Gasteiger partial charge is 0.481 e. The van der Waals surface area contributed by atoms with Crippen LogP contribution in [0.15, 0.2) is 16.7 Å². The van der Waals surface area contributed by atoms with Gasteiger partial charge in [0.2, 0.25) is 0 Å². The molecule has 0 bridgehead atoms. The minimum atomic E-state index is -0.749. The van der Waals surface area contributed by atoms with Crippen LogP contribution in [0.2, 0.25) is 0 Å². The molecule has 0 aliphatic carbocycles. The Bertz CT molecular complexity index is 483. The number of rotatable bonds is 3. The first kappa shape index (κ1) is 13.6. The molecular weight excluding hydrogens is 246 g/mol. The number of hydrogen-bond acceptors (Lipinski definition) is 3. The first-order valence-electron chi connectivity index (χ1n) is 6.56. The lowest BCUT2D eigenvalue weighted by molar-refractivity contribution is -0.152. The standard InChI is InChI=1S/C14H19NO4/c1-3-14(13(17)18)4-6-15(7-5-14)12(16)11-8-10(2)19-9-11/h8-9H,3-7H2,1-2H3,(H,17,18). The number of hydrogen-bond donors (Lipinski definition) is 1. The number of carbonyl (C=O) groups excluding carboxylic acids is 1. The van der Waals surface area contributed by atoms with Crippen molar-refractivity contribution in [3.8, 4) is 0 Å². The summed E-state index contributed by atoms with van der Waals surface area (Å²) in [4.78, 5) is 25.2. The number of aliphatic carboxylic acids is 1. The third-order valence-corrected chi connectivity index (χ3v) is 4.12. The molecule has 2 rings (SSSR count). The lowest BCUT2D eigenvalue weighted by atomic mass is 9.76. The van der Waals surface area contributed by atoms with E-state index in [1.165, 1.54) is 6.26 Å². The minimum Gasteiger partial charge on any atom is -0.481 e. The van der Waals surface area contributed by atoms with Gasteiger partial charge in [-0.15, -0.1) is 0 Å². The van der Waals surface area contributed by atoms with E-state index in [0.717, 1.165) is 0 Å². The smallest absolute Gasteiger partial charge is 0.309 e. The number of likely N-dealkylation sites (tertiary alicyclic amines) is 1. The van der Waals surface area contributed by atoms with Gasteiger partial charge in [-0.2, -0.15) is 0 Å². The van der Waals surface area contributed by atoms with E-state index >= 15 is 0 Å². The van der Waals surface area contributed by atoms with Crippen LogP contribution in [0.5, 0.6) is 0 Å². The molecule has 5 nitrogen and oxygen atoms in total. The molecule has 19 heavy (non-hydrogen) atoms. The van der Waals surface area contributed by atoms with Crippen LogP contribution < -0.4 is 0 Å². The number of carbonyl (C=O) groups is 2. The minimum absolute atomic E-state index is 0.0769. The molecule has 1 aliphatic rings. The molecule has 0 unspecified atom stereocenters. The van der Waals surface area contributed by atoms with Crippen LogP contribution in [0.1, 0.15) is 42.3 Å². The Morgan fingerprint density at radius 2 is 2.05 bits per heavy atom. The molecule has 1 aliphatic heterocycles. The number of carboxylic acid groups (broad SMARTS) is 1. The van der Waals surface area contributed by atoms with Crippen molar-refractivity contribution >= 4 is 11.9 Å². The van der Waals surface area contributed by atoms with E-state index in [9.17, 15) is 14.7 Å². The molecule has 104 valence electrons. The Kier molecular flexibility index (Phi) is 3.64. The maximum atomic E-state index is 12.2. The molecule has 0 atom stereocenters. The quantitative estimate of drug-likeness (QED) is 0.910. The topological polar surface area (TPSA) is 70.8 Å². The highest BCUT2D eigenvalue weighted by molar-refractivity contribution is 5.94. The summed E-state index contributed by atoms with van der Waals surface area (Å²) in [5.74, 6) is -0.123. The molecule has 1 fully saturated rings. The molecule has 2 heterocycles. The fourth-order valence-electron chi connectivity index (χ4n) is 2.59. The van der Waals surface area contributed by atoms with Crippen molar-refractivity contribution in [1.29, 1.82) is 0 Å². The molecule has 1 N–H and O–H groups in total. The number of amides is 1. The molecule has 1 aromatic rings. The molecule has 1 aromatic heterocycles. The van der Waals surface area contributed by atoms with Crippen LogP contribution in [0.3, 0.4) is 0 Å². The molecule has 1 saturated heterocycles. The average molecular weight is 265 g/mol. The molecule has 0 saturated carbocycles. The Hall–Kier alpha value is -1.78. The number of nitrogens with zero attached hydrogens (tertiary/aromatic N) is 1. The van der Waals surface area contributed by atoms with Gasteiger partial charge < -0.3 is 14.4 Å². The van der Waals surface area contributed by atoms with Crippen LogP contribution in [0, 0.1) is 12.3 Å². The van der Waals surface area contributed by atoms with E-state index in [2.05, 4.69) is 0 Å². The third-order valence-electron chi connectivity index (χ3n) is 4.12. The molecule has 0 spiro atoms. The fraction of sp³-hybridized carbons (Fsp3) is 0.571. The predicted octanol–water partition coefficient (Wildman–Crippen LogP) is 2.31. The third kappa shape index (κ3) is 2.50. The Balaban J connectivity index is 2.04. The summed E-state index contributed by atoms with van der Waals surface area (Å²) in [6.07, 6.45) is 3.09. The molecule has 0 aromatic carbocycles. The van der Waals surface area contributed by atoms with Gasteiger partial charge >= 0.3 is 5.97 Å². The zero-order valence-electron chi connectivity index (χ0n) is 11.3. The summed E-state index contributed by atoms with van der Waals surface area (Å²) in [6.45, 7) is 4.66. The summed E-state index contributed by atoms with van der Waals surface area (Å²) in [7, 11) is 0. The van der Waals surface area contributed by atoms with Crippen molar-refractivity contribution < 1.29 is 19.1 Å². The SMILES string of the molecule is CCC1(C(=O)O)CCN(C(=O)c2coc(C)c2)CC1. The van der Waals surface area contributed by atoms with E-state index in [4.69, 9.17) is 4.42 Å². The fourth-order valence-corrected chi connectivity index (χ4v) is 2.59. The normalized spacial score (nSPS) is 18.3. The van der Waals surface area contributed by atoms with Crippen LogP contribution in [0.4, 0.5) is 0 Å². The lowest BCUT2D eigenvalue weighted by Crippen LogP contribution is -2.46. The Labute approximate surface area is 112 Å². The van der Waals surface area contributed by atoms with Crippen molar-refractivity contribution in [2.45, 2.75) is 33.1 Å². The van der Waals surface area contributed by atoms with Crippen LogP contribution in [0.25, 0.3) is 0 Å². The maximum Gasteiger partial charge on any atom is 0.309 e. The summed E-state index contributed by atoms with van der Waals surface area (Å²) in [6, 6.07) is 1.71. The highest BCUT2D eigenvalue weighted by Gasteiger charge is 2.40. The summed E-state index contributed by atoms with van der Waals surface area (Å²) < 4.78 is 5.14. The highest BCUT2D eigenvalue weighted by atomic mass is 16.4. The Morgan fingerprint density at radius 1 is 1.42 bits per heavy atom. The second-order valence-electron chi connectivity index (χ2n) is 5.18. The van der Waals surface area contributed by atoms with Gasteiger partial charge in [0.05, 0.1) is 11.0 Å². The molecule has 1 amide bonds. The van der Waals surface area contributed by atoms with Gasteiger partial charge in [-0.1, -0.05) is 6.92 Å². The highest BCUT2D eigenvalue weighted by Crippen LogP contribution is 2.35. The second-order valence-corrected chi connectivity index (χ2v) is 5.18. The van der Waals surface area contributed by atoms with Crippen molar-refractivity contribution in [1.82, 2.24) is 4.90 Å². The zero-order valence-corrected chi connectivity index (χ0v) is 11.3. The number of piperidine rings is 1. The number of furan rings is 1. The lowest BCUT2D eigenvalue weighted by Gasteiger charge is -2.38. The van der Waals surface area contributed by atoms with E-state index in [-0.39, 0.29) is 5.91 Å². The van der Waals surface area contributed by atoms with Gasteiger partial charge in [0.25, 0.3) is 5.91 Å². The van der Waals surface area contributed by atoms with Gasteiger partial charge in [0.1, 0.15) is 12.0 Å². The van der Waals surface area contributed by atoms with Gasteiger partial charge in [-0.25, -0.2) is 0 Å². The van der Waals surface area contributed by atoms with Crippen molar-refractivity contribution in [2.24, 2.45) is 5.41 Å². The van der Waals surface area contributed by atoms with Gasteiger partial charge in [-0.3, -0.25) is 9.59 Å². The summed E-state index contributed by atoms with van der Waals surface area (Å²) >= 11 is 0. The molecular formula is C14H19NO4. The second kappa shape index (κ2) is 5.07.